The van der Waals surface area contributed by atoms with E-state index in [-0.39, 0.29) is 17.2 Å². The molecular formula is C23H21N3O5S. The number of amides is 2. The third-order valence-corrected chi connectivity index (χ3v) is 6.50. The monoisotopic (exact) mass is 451 g/mol. The van der Waals surface area contributed by atoms with Gasteiger partial charge in [0.25, 0.3) is 17.5 Å². The summed E-state index contributed by atoms with van der Waals surface area (Å²) in [6, 6.07) is 15.2. The average molecular weight is 452 g/mol. The molecule has 3 aromatic rings. The molecular weight excluding hydrogens is 430 g/mol. The van der Waals surface area contributed by atoms with Crippen molar-refractivity contribution in [1.82, 2.24) is 4.90 Å². The van der Waals surface area contributed by atoms with Crippen LogP contribution < -0.4 is 5.32 Å². The van der Waals surface area contributed by atoms with Crippen LogP contribution in [0.15, 0.2) is 54.6 Å². The number of morpholine rings is 1. The predicted octanol–water partition coefficient (Wildman–Crippen LogP) is 4.36. The average Bonchev–Trinajstić information content (AvgIpc) is 3.15. The van der Waals surface area contributed by atoms with E-state index in [9.17, 15) is 19.7 Å². The number of anilines is 1. The number of rotatable bonds is 5. The number of nitrogens with one attached hydrogen (secondary N) is 1. The second-order valence-electron chi connectivity index (χ2n) is 7.29. The molecule has 1 aliphatic heterocycles. The molecule has 9 heteroatoms. The Morgan fingerprint density at radius 3 is 2.50 bits per heavy atom. The molecule has 0 saturated carbocycles. The Labute approximate surface area is 188 Å². The van der Waals surface area contributed by atoms with Crippen molar-refractivity contribution in [2.75, 3.05) is 31.6 Å². The van der Waals surface area contributed by atoms with Gasteiger partial charge in [0.05, 0.1) is 23.7 Å². The van der Waals surface area contributed by atoms with E-state index in [0.717, 1.165) is 16.0 Å². The van der Waals surface area contributed by atoms with Crippen LogP contribution in [0.4, 0.5) is 10.7 Å². The van der Waals surface area contributed by atoms with Gasteiger partial charge in [0.15, 0.2) is 0 Å². The molecule has 0 radical (unpaired) electrons. The summed E-state index contributed by atoms with van der Waals surface area (Å²) in [6.07, 6.45) is 0. The smallest absolute Gasteiger partial charge is 0.270 e. The predicted molar refractivity (Wildman–Crippen MR) is 122 cm³/mol. The van der Waals surface area contributed by atoms with E-state index in [0.29, 0.717) is 36.9 Å². The summed E-state index contributed by atoms with van der Waals surface area (Å²) in [7, 11) is 0. The Morgan fingerprint density at radius 1 is 1.09 bits per heavy atom. The second-order valence-corrected chi connectivity index (χ2v) is 8.31. The summed E-state index contributed by atoms with van der Waals surface area (Å²) >= 11 is 1.32. The van der Waals surface area contributed by atoms with Crippen molar-refractivity contribution in [3.8, 4) is 10.4 Å². The summed E-state index contributed by atoms with van der Waals surface area (Å²) in [5, 5.41) is 14.3. The fourth-order valence-electron chi connectivity index (χ4n) is 3.58. The van der Waals surface area contributed by atoms with Gasteiger partial charge in [-0.1, -0.05) is 36.4 Å². The first-order chi connectivity index (χ1) is 15.5. The van der Waals surface area contributed by atoms with Gasteiger partial charge in [-0.15, -0.1) is 11.3 Å². The van der Waals surface area contributed by atoms with E-state index < -0.39 is 10.8 Å². The Kier molecular flexibility index (Phi) is 6.29. The first-order valence-corrected chi connectivity index (χ1v) is 10.9. The van der Waals surface area contributed by atoms with E-state index in [1.165, 1.54) is 35.6 Å². The molecule has 1 aromatic heterocycles. The molecule has 164 valence electrons. The zero-order valence-electron chi connectivity index (χ0n) is 17.4. The summed E-state index contributed by atoms with van der Waals surface area (Å²) in [5.41, 5.74) is 2.15. The van der Waals surface area contributed by atoms with Gasteiger partial charge in [-0.25, -0.2) is 0 Å². The minimum absolute atomic E-state index is 0.149. The zero-order valence-corrected chi connectivity index (χ0v) is 18.2. The summed E-state index contributed by atoms with van der Waals surface area (Å²) in [4.78, 5) is 39.4. The van der Waals surface area contributed by atoms with Crippen LogP contribution in [0.5, 0.6) is 0 Å². The van der Waals surface area contributed by atoms with Crippen LogP contribution in [0, 0.1) is 17.0 Å². The number of nitro groups is 1. The number of nitro benzene ring substituents is 1. The summed E-state index contributed by atoms with van der Waals surface area (Å²) in [6.45, 7) is 3.77. The maximum atomic E-state index is 13.4. The maximum Gasteiger partial charge on any atom is 0.270 e. The SMILES string of the molecule is Cc1c(-c2ccccc2)sc(NC(=O)c2cccc([N+](=O)[O-])c2)c1C(=O)N1CCOCC1. The van der Waals surface area contributed by atoms with Crippen molar-refractivity contribution in [3.05, 3.63) is 81.4 Å². The molecule has 1 N–H and O–H groups in total. The fraction of sp³-hybridized carbons (Fsp3) is 0.217. The van der Waals surface area contributed by atoms with Crippen molar-refractivity contribution in [2.45, 2.75) is 6.92 Å². The molecule has 4 rings (SSSR count). The van der Waals surface area contributed by atoms with Gasteiger partial charge in [-0.05, 0) is 24.1 Å². The molecule has 0 atom stereocenters. The highest BCUT2D eigenvalue weighted by molar-refractivity contribution is 7.20. The van der Waals surface area contributed by atoms with Crippen molar-refractivity contribution in [1.29, 1.82) is 0 Å². The lowest BCUT2D eigenvalue weighted by atomic mass is 10.1. The zero-order chi connectivity index (χ0) is 22.7. The van der Waals surface area contributed by atoms with Gasteiger partial charge in [0.1, 0.15) is 5.00 Å². The standard InChI is InChI=1S/C23H21N3O5S/c1-15-19(23(28)25-10-12-31-13-11-25)22(32-20(15)16-6-3-2-4-7-16)24-21(27)17-8-5-9-18(14-17)26(29)30/h2-9,14H,10-13H2,1H3,(H,24,27). The third-order valence-electron chi connectivity index (χ3n) is 5.24. The van der Waals surface area contributed by atoms with E-state index in [1.807, 2.05) is 37.3 Å². The van der Waals surface area contributed by atoms with Gasteiger partial charge in [0, 0.05) is 35.7 Å². The number of carbonyl (C=O) groups is 2. The van der Waals surface area contributed by atoms with Crippen LogP contribution in [0.25, 0.3) is 10.4 Å². The number of ether oxygens (including phenoxy) is 1. The number of thiophene rings is 1. The minimum Gasteiger partial charge on any atom is -0.378 e. The Hall–Kier alpha value is -3.56. The lowest BCUT2D eigenvalue weighted by Crippen LogP contribution is -2.41. The number of carbonyl (C=O) groups excluding carboxylic acids is 2. The van der Waals surface area contributed by atoms with Gasteiger partial charge < -0.3 is 15.0 Å². The summed E-state index contributed by atoms with van der Waals surface area (Å²) < 4.78 is 5.36. The topological polar surface area (TPSA) is 102 Å². The van der Waals surface area contributed by atoms with Gasteiger partial charge >= 0.3 is 0 Å². The Morgan fingerprint density at radius 2 is 1.81 bits per heavy atom. The highest BCUT2D eigenvalue weighted by atomic mass is 32.1. The Bertz CT molecular complexity index is 1170. The van der Waals surface area contributed by atoms with E-state index in [1.54, 1.807) is 4.90 Å². The first-order valence-electron chi connectivity index (χ1n) is 10.1. The van der Waals surface area contributed by atoms with Crippen LogP contribution in [0.1, 0.15) is 26.3 Å². The fourth-order valence-corrected chi connectivity index (χ4v) is 4.78. The molecule has 0 bridgehead atoms. The quantitative estimate of drug-likeness (QED) is 0.459. The number of non-ortho nitro benzene ring substituents is 1. The number of hydrogen-bond acceptors (Lipinski definition) is 6. The molecule has 1 aliphatic rings. The van der Waals surface area contributed by atoms with Crippen LogP contribution >= 0.6 is 11.3 Å². The molecule has 8 nitrogen and oxygen atoms in total. The second kappa shape index (κ2) is 9.29. The molecule has 0 spiro atoms. The number of hydrogen-bond donors (Lipinski definition) is 1. The van der Waals surface area contributed by atoms with Gasteiger partial charge in [-0.3, -0.25) is 19.7 Å². The van der Waals surface area contributed by atoms with Crippen molar-refractivity contribution >= 4 is 33.8 Å². The lowest BCUT2D eigenvalue weighted by Gasteiger charge is -2.27. The van der Waals surface area contributed by atoms with Gasteiger partial charge in [0.2, 0.25) is 0 Å². The molecule has 1 saturated heterocycles. The van der Waals surface area contributed by atoms with Crippen molar-refractivity contribution < 1.29 is 19.2 Å². The molecule has 0 aliphatic carbocycles. The number of nitrogens with zero attached hydrogens (tertiary/aromatic N) is 2. The summed E-state index contributed by atoms with van der Waals surface area (Å²) in [5.74, 6) is -0.677. The van der Waals surface area contributed by atoms with Crippen LogP contribution in [0.3, 0.4) is 0 Å². The van der Waals surface area contributed by atoms with Gasteiger partial charge in [-0.2, -0.15) is 0 Å². The normalized spacial score (nSPS) is 13.6. The molecule has 32 heavy (non-hydrogen) atoms. The molecule has 2 amide bonds. The highest BCUT2D eigenvalue weighted by Crippen LogP contribution is 2.40. The van der Waals surface area contributed by atoms with Crippen LogP contribution in [-0.2, 0) is 4.74 Å². The third kappa shape index (κ3) is 4.39. The molecule has 0 unspecified atom stereocenters. The van der Waals surface area contributed by atoms with Crippen LogP contribution in [0.2, 0.25) is 0 Å². The maximum absolute atomic E-state index is 13.4. The minimum atomic E-state index is -0.549. The van der Waals surface area contributed by atoms with E-state index in [2.05, 4.69) is 5.32 Å². The lowest BCUT2D eigenvalue weighted by molar-refractivity contribution is -0.384. The van der Waals surface area contributed by atoms with E-state index >= 15 is 0 Å². The molecule has 2 heterocycles. The van der Waals surface area contributed by atoms with Crippen LogP contribution in [-0.4, -0.2) is 47.9 Å². The largest absolute Gasteiger partial charge is 0.378 e. The Balaban J connectivity index is 1.73. The number of benzene rings is 2. The first kappa shape index (κ1) is 21.7. The highest BCUT2D eigenvalue weighted by Gasteiger charge is 2.28. The van der Waals surface area contributed by atoms with Crippen molar-refractivity contribution in [2.24, 2.45) is 0 Å². The van der Waals surface area contributed by atoms with Crippen molar-refractivity contribution in [3.63, 3.8) is 0 Å². The molecule has 2 aromatic carbocycles. The molecule has 1 fully saturated rings. The van der Waals surface area contributed by atoms with E-state index in [4.69, 9.17) is 4.74 Å².